The highest BCUT2D eigenvalue weighted by Gasteiger charge is 2.30. The van der Waals surface area contributed by atoms with Crippen molar-refractivity contribution in [2.75, 3.05) is 11.4 Å². The fraction of sp³-hybridized carbons (Fsp3) is 0.529. The Kier molecular flexibility index (Phi) is 4.35. The molecule has 0 saturated heterocycles. The molecule has 4 nitrogen and oxygen atoms in total. The van der Waals surface area contributed by atoms with E-state index in [1.165, 1.54) is 5.56 Å². The van der Waals surface area contributed by atoms with Gasteiger partial charge in [-0.25, -0.2) is 0 Å². The Labute approximate surface area is 126 Å². The highest BCUT2D eigenvalue weighted by Crippen LogP contribution is 2.32. The Morgan fingerprint density at radius 2 is 1.95 bits per heavy atom. The Morgan fingerprint density at radius 1 is 1.29 bits per heavy atom. The van der Waals surface area contributed by atoms with E-state index in [2.05, 4.69) is 18.3 Å². The van der Waals surface area contributed by atoms with Crippen molar-refractivity contribution in [1.82, 2.24) is 5.32 Å². The first-order chi connectivity index (χ1) is 9.80. The third kappa shape index (κ3) is 3.43. The summed E-state index contributed by atoms with van der Waals surface area (Å²) in [6.07, 6.45) is 1.23. The molecular weight excluding hydrogens is 264 g/mol. The van der Waals surface area contributed by atoms with E-state index in [0.29, 0.717) is 13.0 Å². The van der Waals surface area contributed by atoms with Gasteiger partial charge in [-0.05, 0) is 25.0 Å². The lowest BCUT2D eigenvalue weighted by atomic mass is 9.96. The van der Waals surface area contributed by atoms with Crippen molar-refractivity contribution >= 4 is 17.5 Å². The van der Waals surface area contributed by atoms with Crippen molar-refractivity contribution in [2.45, 2.75) is 46.6 Å². The summed E-state index contributed by atoms with van der Waals surface area (Å²) in [5.74, 6) is 0.0480. The molecule has 1 aromatic carbocycles. The molecule has 0 fully saturated rings. The maximum atomic E-state index is 12.4. The summed E-state index contributed by atoms with van der Waals surface area (Å²) in [5, 5.41) is 2.83. The Morgan fingerprint density at radius 3 is 2.62 bits per heavy atom. The van der Waals surface area contributed by atoms with E-state index in [0.717, 1.165) is 12.1 Å². The van der Waals surface area contributed by atoms with Gasteiger partial charge < -0.3 is 10.2 Å². The molecule has 0 bridgehead atoms. The van der Waals surface area contributed by atoms with Crippen LogP contribution >= 0.6 is 0 Å². The van der Waals surface area contributed by atoms with Gasteiger partial charge in [-0.15, -0.1) is 0 Å². The van der Waals surface area contributed by atoms with Crippen molar-refractivity contribution in [3.8, 4) is 0 Å². The Bertz CT molecular complexity index is 546. The van der Waals surface area contributed by atoms with Crippen molar-refractivity contribution in [3.63, 3.8) is 0 Å². The van der Waals surface area contributed by atoms with Crippen molar-refractivity contribution in [2.24, 2.45) is 5.41 Å². The van der Waals surface area contributed by atoms with E-state index in [-0.39, 0.29) is 17.9 Å². The average molecular weight is 288 g/mol. The van der Waals surface area contributed by atoms with E-state index >= 15 is 0 Å². The second-order valence-electron chi connectivity index (χ2n) is 6.70. The van der Waals surface area contributed by atoms with Crippen LogP contribution in [0.3, 0.4) is 0 Å². The highest BCUT2D eigenvalue weighted by molar-refractivity contribution is 5.96. The first-order valence-electron chi connectivity index (χ1n) is 7.49. The Balaban J connectivity index is 1.94. The minimum Gasteiger partial charge on any atom is -0.355 e. The number of rotatable bonds is 3. The number of anilines is 1. The summed E-state index contributed by atoms with van der Waals surface area (Å²) >= 11 is 0. The highest BCUT2D eigenvalue weighted by atomic mass is 16.2. The van der Waals surface area contributed by atoms with Gasteiger partial charge in [0.05, 0.1) is 0 Å². The molecular formula is C17H24N2O2. The van der Waals surface area contributed by atoms with Gasteiger partial charge in [0, 0.05) is 30.1 Å². The number of hydrogen-bond acceptors (Lipinski definition) is 2. The quantitative estimate of drug-likeness (QED) is 0.929. The summed E-state index contributed by atoms with van der Waals surface area (Å²) in [6.45, 7) is 8.04. The molecule has 0 spiro atoms. The van der Waals surface area contributed by atoms with Crippen LogP contribution in [0.2, 0.25) is 0 Å². The van der Waals surface area contributed by atoms with Gasteiger partial charge >= 0.3 is 0 Å². The molecule has 0 aromatic heterocycles. The fourth-order valence-electron chi connectivity index (χ4n) is 2.61. The van der Waals surface area contributed by atoms with Gasteiger partial charge in [0.2, 0.25) is 11.8 Å². The van der Waals surface area contributed by atoms with Crippen LogP contribution in [0.5, 0.6) is 0 Å². The summed E-state index contributed by atoms with van der Waals surface area (Å²) in [6, 6.07) is 8.21. The molecule has 2 rings (SSSR count). The lowest BCUT2D eigenvalue weighted by molar-refractivity contribution is -0.128. The van der Waals surface area contributed by atoms with Crippen molar-refractivity contribution < 1.29 is 9.59 Å². The third-order valence-corrected chi connectivity index (χ3v) is 3.78. The van der Waals surface area contributed by atoms with Crippen LogP contribution in [0.1, 0.15) is 39.7 Å². The molecule has 1 atom stereocenters. The minimum atomic E-state index is -0.420. The number of para-hydroxylation sites is 1. The zero-order valence-electron chi connectivity index (χ0n) is 13.3. The van der Waals surface area contributed by atoms with Gasteiger partial charge in [0.1, 0.15) is 0 Å². The maximum Gasteiger partial charge on any atom is 0.229 e. The standard InChI is InChI=1S/C17H24N2O2/c1-12-11-13-7-5-6-8-14(13)19(12)15(20)9-10-18-16(21)17(2,3)4/h5-8,12H,9-11H2,1-4H3,(H,18,21)/t12-/m0/s1. The molecule has 1 aliphatic heterocycles. The molecule has 2 amide bonds. The van der Waals surface area contributed by atoms with Crippen molar-refractivity contribution in [3.05, 3.63) is 29.8 Å². The second-order valence-corrected chi connectivity index (χ2v) is 6.70. The maximum absolute atomic E-state index is 12.4. The first kappa shape index (κ1) is 15.5. The van der Waals surface area contributed by atoms with Crippen LogP contribution in [0.15, 0.2) is 24.3 Å². The summed E-state index contributed by atoms with van der Waals surface area (Å²) < 4.78 is 0. The van der Waals surface area contributed by atoms with Gasteiger partial charge in [-0.1, -0.05) is 39.0 Å². The predicted molar refractivity (Wildman–Crippen MR) is 84.2 cm³/mol. The normalized spacial score (nSPS) is 17.5. The van der Waals surface area contributed by atoms with Crippen LogP contribution in [0.25, 0.3) is 0 Å². The number of carbonyl (C=O) groups excluding carboxylic acids is 2. The molecule has 1 N–H and O–H groups in total. The Hall–Kier alpha value is -1.84. The second kappa shape index (κ2) is 5.88. The zero-order valence-corrected chi connectivity index (χ0v) is 13.3. The zero-order chi connectivity index (χ0) is 15.6. The van der Waals surface area contributed by atoms with E-state index in [1.807, 2.05) is 43.9 Å². The molecule has 1 aliphatic rings. The number of carbonyl (C=O) groups is 2. The molecule has 0 aliphatic carbocycles. The van der Waals surface area contributed by atoms with Crippen LogP contribution < -0.4 is 10.2 Å². The lowest BCUT2D eigenvalue weighted by Crippen LogP contribution is -2.40. The number of hydrogen-bond donors (Lipinski definition) is 1. The minimum absolute atomic E-state index is 0.0230. The van der Waals surface area contributed by atoms with Crippen LogP contribution in [-0.2, 0) is 16.0 Å². The summed E-state index contributed by atoms with van der Waals surface area (Å²) in [4.78, 5) is 26.1. The van der Waals surface area contributed by atoms with Crippen LogP contribution in [0.4, 0.5) is 5.69 Å². The van der Waals surface area contributed by atoms with Gasteiger partial charge in [0.25, 0.3) is 0 Å². The third-order valence-electron chi connectivity index (χ3n) is 3.78. The molecule has 0 saturated carbocycles. The average Bonchev–Trinajstić information content (AvgIpc) is 2.73. The number of nitrogens with one attached hydrogen (secondary N) is 1. The van der Waals surface area contributed by atoms with E-state index < -0.39 is 5.41 Å². The summed E-state index contributed by atoms with van der Waals surface area (Å²) in [7, 11) is 0. The van der Waals surface area contributed by atoms with Crippen molar-refractivity contribution in [1.29, 1.82) is 0 Å². The van der Waals surface area contributed by atoms with E-state index in [1.54, 1.807) is 0 Å². The number of amides is 2. The number of nitrogens with zero attached hydrogens (tertiary/aromatic N) is 1. The van der Waals surface area contributed by atoms with Crippen LogP contribution in [-0.4, -0.2) is 24.4 Å². The molecule has 0 radical (unpaired) electrons. The SMILES string of the molecule is C[C@H]1Cc2ccccc2N1C(=O)CCNC(=O)C(C)(C)C. The largest absolute Gasteiger partial charge is 0.355 e. The topological polar surface area (TPSA) is 49.4 Å². The first-order valence-corrected chi connectivity index (χ1v) is 7.49. The molecule has 21 heavy (non-hydrogen) atoms. The molecule has 114 valence electrons. The predicted octanol–water partition coefficient (Wildman–Crippen LogP) is 2.52. The van der Waals surface area contributed by atoms with E-state index in [9.17, 15) is 9.59 Å². The summed E-state index contributed by atoms with van der Waals surface area (Å²) in [5.41, 5.74) is 1.81. The van der Waals surface area contributed by atoms with E-state index in [4.69, 9.17) is 0 Å². The van der Waals surface area contributed by atoms with Crippen LogP contribution in [0, 0.1) is 5.41 Å². The van der Waals surface area contributed by atoms with Gasteiger partial charge in [-0.3, -0.25) is 9.59 Å². The lowest BCUT2D eigenvalue weighted by Gasteiger charge is -2.23. The fourth-order valence-corrected chi connectivity index (χ4v) is 2.61. The monoisotopic (exact) mass is 288 g/mol. The van der Waals surface area contributed by atoms with Gasteiger partial charge in [-0.2, -0.15) is 0 Å². The number of fused-ring (bicyclic) bond motifs is 1. The van der Waals surface area contributed by atoms with Gasteiger partial charge in [0.15, 0.2) is 0 Å². The molecule has 1 heterocycles. The molecule has 0 unspecified atom stereocenters. The molecule has 4 heteroatoms. The smallest absolute Gasteiger partial charge is 0.229 e. The molecule has 1 aromatic rings. The number of benzene rings is 1.